The largest absolute Gasteiger partial charge is 0.491 e. The highest BCUT2D eigenvalue weighted by molar-refractivity contribution is 6.36. The summed E-state index contributed by atoms with van der Waals surface area (Å²) in [7, 11) is 0. The summed E-state index contributed by atoms with van der Waals surface area (Å²) in [5.41, 5.74) is -0.897. The topological polar surface area (TPSA) is 22.1 Å². The summed E-state index contributed by atoms with van der Waals surface area (Å²) >= 11 is 6.05. The van der Waals surface area contributed by atoms with E-state index in [0.717, 1.165) is 6.42 Å². The van der Waals surface area contributed by atoms with Gasteiger partial charge in [-0.15, -0.1) is 0 Å². The first-order valence-corrected chi connectivity index (χ1v) is 6.53. The van der Waals surface area contributed by atoms with E-state index in [1.807, 2.05) is 6.92 Å². The van der Waals surface area contributed by atoms with Crippen molar-refractivity contribution >= 4 is 22.5 Å². The smallest absolute Gasteiger partial charge is 0.433 e. The molecular formula is C14H13ClF3NO. The van der Waals surface area contributed by atoms with Crippen LogP contribution < -0.4 is 4.74 Å². The molecule has 1 aromatic carbocycles. The van der Waals surface area contributed by atoms with Crippen LogP contribution in [0, 0.1) is 6.92 Å². The third-order valence-electron chi connectivity index (χ3n) is 2.87. The van der Waals surface area contributed by atoms with Gasteiger partial charge in [0.15, 0.2) is 0 Å². The molecule has 0 aliphatic rings. The van der Waals surface area contributed by atoms with Crippen LogP contribution >= 0.6 is 11.6 Å². The predicted molar refractivity (Wildman–Crippen MR) is 72.3 cm³/mol. The lowest BCUT2D eigenvalue weighted by molar-refractivity contribution is -0.141. The van der Waals surface area contributed by atoms with Gasteiger partial charge in [-0.25, -0.2) is 4.98 Å². The number of halogens is 4. The Balaban J connectivity index is 2.72. The molecule has 6 heteroatoms. The van der Waals surface area contributed by atoms with E-state index in [2.05, 4.69) is 4.98 Å². The fourth-order valence-corrected chi connectivity index (χ4v) is 2.16. The quantitative estimate of drug-likeness (QED) is 0.795. The van der Waals surface area contributed by atoms with Gasteiger partial charge < -0.3 is 4.74 Å². The Morgan fingerprint density at radius 3 is 2.60 bits per heavy atom. The number of nitrogens with zero attached hydrogens (tertiary/aromatic N) is 1. The van der Waals surface area contributed by atoms with Crippen molar-refractivity contribution in [1.29, 1.82) is 0 Å². The van der Waals surface area contributed by atoms with E-state index in [1.165, 1.54) is 6.92 Å². The van der Waals surface area contributed by atoms with E-state index in [1.54, 1.807) is 18.2 Å². The molecule has 0 aliphatic heterocycles. The lowest BCUT2D eigenvalue weighted by Gasteiger charge is -2.15. The number of para-hydroxylation sites is 1. The molecule has 20 heavy (non-hydrogen) atoms. The Labute approximate surface area is 119 Å². The predicted octanol–water partition coefficient (Wildman–Crippen LogP) is 5.00. The molecule has 0 amide bonds. The van der Waals surface area contributed by atoms with E-state index in [4.69, 9.17) is 16.3 Å². The normalized spacial score (nSPS) is 11.9. The average Bonchev–Trinajstić information content (AvgIpc) is 2.39. The first kappa shape index (κ1) is 14.9. The molecule has 0 unspecified atom stereocenters. The first-order chi connectivity index (χ1) is 9.36. The Morgan fingerprint density at radius 1 is 1.30 bits per heavy atom. The molecule has 1 heterocycles. The van der Waals surface area contributed by atoms with Crippen molar-refractivity contribution in [2.24, 2.45) is 0 Å². The molecule has 0 atom stereocenters. The third-order valence-corrected chi connectivity index (χ3v) is 3.36. The number of aromatic nitrogens is 1. The zero-order valence-corrected chi connectivity index (χ0v) is 11.8. The second-order valence-corrected chi connectivity index (χ2v) is 4.78. The van der Waals surface area contributed by atoms with Gasteiger partial charge in [0.05, 0.1) is 11.6 Å². The number of fused-ring (bicyclic) bond motifs is 1. The van der Waals surface area contributed by atoms with Crippen LogP contribution in [0.3, 0.4) is 0 Å². The van der Waals surface area contributed by atoms with Gasteiger partial charge in [0.25, 0.3) is 0 Å². The minimum atomic E-state index is -4.54. The molecule has 108 valence electrons. The van der Waals surface area contributed by atoms with Gasteiger partial charge in [0.2, 0.25) is 0 Å². The van der Waals surface area contributed by atoms with Gasteiger partial charge in [-0.3, -0.25) is 0 Å². The molecule has 2 nitrogen and oxygen atoms in total. The molecule has 0 radical (unpaired) electrons. The van der Waals surface area contributed by atoms with Crippen LogP contribution in [0.4, 0.5) is 13.2 Å². The lowest BCUT2D eigenvalue weighted by atomic mass is 10.1. The van der Waals surface area contributed by atoms with Crippen molar-refractivity contribution in [3.63, 3.8) is 0 Å². The van der Waals surface area contributed by atoms with Crippen molar-refractivity contribution in [1.82, 2.24) is 4.98 Å². The van der Waals surface area contributed by atoms with E-state index < -0.39 is 11.9 Å². The van der Waals surface area contributed by atoms with Crippen molar-refractivity contribution < 1.29 is 17.9 Å². The minimum Gasteiger partial charge on any atom is -0.491 e. The Hall–Kier alpha value is -1.49. The zero-order valence-electron chi connectivity index (χ0n) is 11.0. The summed E-state index contributed by atoms with van der Waals surface area (Å²) in [4.78, 5) is 3.73. The highest BCUT2D eigenvalue weighted by Crippen LogP contribution is 2.38. The van der Waals surface area contributed by atoms with Gasteiger partial charge in [0, 0.05) is 5.39 Å². The van der Waals surface area contributed by atoms with E-state index in [0.29, 0.717) is 17.7 Å². The summed E-state index contributed by atoms with van der Waals surface area (Å²) in [5.74, 6) is 0.316. The molecule has 0 saturated heterocycles. The fraction of sp³-hybridized carbons (Fsp3) is 0.357. The Morgan fingerprint density at radius 2 is 2.00 bits per heavy atom. The maximum Gasteiger partial charge on any atom is 0.433 e. The highest BCUT2D eigenvalue weighted by Gasteiger charge is 2.36. The van der Waals surface area contributed by atoms with Crippen LogP contribution in [-0.2, 0) is 6.18 Å². The average molecular weight is 304 g/mol. The molecule has 0 aliphatic carbocycles. The maximum atomic E-state index is 13.0. The van der Waals surface area contributed by atoms with Crippen LogP contribution in [0.15, 0.2) is 18.2 Å². The van der Waals surface area contributed by atoms with Crippen LogP contribution in [0.5, 0.6) is 5.75 Å². The zero-order chi connectivity index (χ0) is 14.9. The lowest BCUT2D eigenvalue weighted by Crippen LogP contribution is -2.11. The third kappa shape index (κ3) is 2.68. The summed E-state index contributed by atoms with van der Waals surface area (Å²) in [6.45, 7) is 3.64. The molecule has 1 aromatic heterocycles. The number of benzene rings is 1. The van der Waals surface area contributed by atoms with Gasteiger partial charge in [0.1, 0.15) is 17.0 Å². The maximum absolute atomic E-state index is 13.0. The van der Waals surface area contributed by atoms with Gasteiger partial charge in [-0.05, 0) is 25.0 Å². The second kappa shape index (κ2) is 5.48. The van der Waals surface area contributed by atoms with Crippen LogP contribution in [-0.4, -0.2) is 11.6 Å². The van der Waals surface area contributed by atoms with E-state index >= 15 is 0 Å². The standard InChI is InChI=1S/C14H13ClF3NO/c1-3-7-20-10-6-4-5-9-11(15)8(2)13(14(16,17)18)19-12(9)10/h4-6H,3,7H2,1-2H3. The van der Waals surface area contributed by atoms with Crippen molar-refractivity contribution in [2.75, 3.05) is 6.61 Å². The highest BCUT2D eigenvalue weighted by atomic mass is 35.5. The molecule has 0 N–H and O–H groups in total. The second-order valence-electron chi connectivity index (χ2n) is 4.40. The number of pyridine rings is 1. The van der Waals surface area contributed by atoms with Gasteiger partial charge in [-0.1, -0.05) is 30.7 Å². The number of rotatable bonds is 3. The molecule has 0 saturated carbocycles. The van der Waals surface area contributed by atoms with E-state index in [-0.39, 0.29) is 16.1 Å². The summed E-state index contributed by atoms with van der Waals surface area (Å²) in [5, 5.41) is 0.523. The molecule has 0 spiro atoms. The van der Waals surface area contributed by atoms with Gasteiger partial charge in [-0.2, -0.15) is 13.2 Å². The summed E-state index contributed by atoms with van der Waals surface area (Å²) in [6, 6.07) is 4.92. The van der Waals surface area contributed by atoms with Crippen molar-refractivity contribution in [3.05, 3.63) is 34.5 Å². The van der Waals surface area contributed by atoms with Crippen LogP contribution in [0.2, 0.25) is 5.02 Å². The van der Waals surface area contributed by atoms with Crippen molar-refractivity contribution in [2.45, 2.75) is 26.4 Å². The SMILES string of the molecule is CCCOc1cccc2c(Cl)c(C)c(C(F)(F)F)nc12. The minimum absolute atomic E-state index is 0.0595. The number of alkyl halides is 3. The molecule has 2 aromatic rings. The fourth-order valence-electron chi connectivity index (χ4n) is 1.92. The van der Waals surface area contributed by atoms with Crippen LogP contribution in [0.25, 0.3) is 10.9 Å². The molecular weight excluding hydrogens is 291 g/mol. The van der Waals surface area contributed by atoms with Crippen molar-refractivity contribution in [3.8, 4) is 5.75 Å². The van der Waals surface area contributed by atoms with Crippen LogP contribution in [0.1, 0.15) is 24.6 Å². The monoisotopic (exact) mass is 303 g/mol. The number of ether oxygens (including phenoxy) is 1. The Bertz CT molecular complexity index is 640. The number of hydrogen-bond donors (Lipinski definition) is 0. The molecule has 0 bridgehead atoms. The first-order valence-electron chi connectivity index (χ1n) is 6.15. The van der Waals surface area contributed by atoms with E-state index in [9.17, 15) is 13.2 Å². The summed E-state index contributed by atoms with van der Waals surface area (Å²) < 4.78 is 44.4. The Kier molecular flexibility index (Phi) is 4.09. The number of hydrogen-bond acceptors (Lipinski definition) is 2. The summed E-state index contributed by atoms with van der Waals surface area (Å²) in [6.07, 6.45) is -3.79. The molecule has 2 rings (SSSR count). The molecule has 0 fully saturated rings. The van der Waals surface area contributed by atoms with Gasteiger partial charge >= 0.3 is 6.18 Å².